The number of nitrogens with one attached hydrogen (secondary N) is 2. The number of anilines is 1. The van der Waals surface area contributed by atoms with Crippen LogP contribution in [-0.4, -0.2) is 11.9 Å². The highest BCUT2D eigenvalue weighted by molar-refractivity contribution is 6.08. The van der Waals surface area contributed by atoms with E-state index in [0.717, 1.165) is 30.3 Å². The Labute approximate surface area is 128 Å². The Hall–Kier alpha value is -2.90. The van der Waals surface area contributed by atoms with Crippen molar-refractivity contribution in [2.45, 2.75) is 6.18 Å². The Morgan fingerprint density at radius 2 is 1.52 bits per heavy atom. The van der Waals surface area contributed by atoms with Crippen molar-refractivity contribution in [1.82, 2.24) is 5.32 Å². The van der Waals surface area contributed by atoms with Crippen molar-refractivity contribution in [3.05, 3.63) is 65.5 Å². The van der Waals surface area contributed by atoms with E-state index >= 15 is 0 Å². The van der Waals surface area contributed by atoms with Crippen molar-refractivity contribution in [2.75, 3.05) is 5.32 Å². The van der Waals surface area contributed by atoms with Crippen LogP contribution in [0.4, 0.5) is 28.0 Å². The van der Waals surface area contributed by atoms with Crippen LogP contribution in [0.2, 0.25) is 0 Å². The zero-order valence-corrected chi connectivity index (χ0v) is 11.4. The molecule has 120 valence electrons. The van der Waals surface area contributed by atoms with Crippen molar-refractivity contribution >= 4 is 17.6 Å². The molecule has 0 saturated heterocycles. The van der Waals surface area contributed by atoms with Crippen LogP contribution < -0.4 is 10.6 Å². The minimum Gasteiger partial charge on any atom is -0.308 e. The molecule has 23 heavy (non-hydrogen) atoms. The summed E-state index contributed by atoms with van der Waals surface area (Å²) in [6, 6.07) is 7.71. The van der Waals surface area contributed by atoms with Crippen molar-refractivity contribution in [3.63, 3.8) is 0 Å². The fourth-order valence-electron chi connectivity index (χ4n) is 1.72. The van der Waals surface area contributed by atoms with E-state index in [-0.39, 0.29) is 11.3 Å². The van der Waals surface area contributed by atoms with Crippen LogP contribution in [0.5, 0.6) is 0 Å². The third kappa shape index (κ3) is 4.29. The number of carbonyl (C=O) groups is 2. The third-order valence-electron chi connectivity index (χ3n) is 2.82. The summed E-state index contributed by atoms with van der Waals surface area (Å²) in [5.41, 5.74) is -1.14. The molecule has 3 amide bonds. The molecule has 0 atom stereocenters. The van der Waals surface area contributed by atoms with Gasteiger partial charge in [-0.15, -0.1) is 0 Å². The molecule has 2 aromatic rings. The minimum atomic E-state index is -4.48. The molecule has 0 saturated carbocycles. The number of hydrogen-bond acceptors (Lipinski definition) is 2. The van der Waals surface area contributed by atoms with Crippen LogP contribution in [0, 0.1) is 5.82 Å². The standard InChI is InChI=1S/C15H10F4N2O2/c16-12-4-2-1-3-11(12)13(22)21-14(23)20-10-7-5-9(6-8-10)15(17,18)19/h1-8H,(H2,20,21,22,23). The van der Waals surface area contributed by atoms with Crippen LogP contribution in [0.3, 0.4) is 0 Å². The Morgan fingerprint density at radius 1 is 0.913 bits per heavy atom. The van der Waals surface area contributed by atoms with E-state index in [1.165, 1.54) is 18.2 Å². The predicted octanol–water partition coefficient (Wildman–Crippen LogP) is 3.81. The highest BCUT2D eigenvalue weighted by Gasteiger charge is 2.30. The van der Waals surface area contributed by atoms with E-state index in [4.69, 9.17) is 0 Å². The zero-order chi connectivity index (χ0) is 17.0. The number of urea groups is 1. The van der Waals surface area contributed by atoms with Gasteiger partial charge in [-0.25, -0.2) is 9.18 Å². The van der Waals surface area contributed by atoms with Gasteiger partial charge < -0.3 is 5.32 Å². The summed E-state index contributed by atoms with van der Waals surface area (Å²) in [5, 5.41) is 4.06. The van der Waals surface area contributed by atoms with Gasteiger partial charge in [0.05, 0.1) is 11.1 Å². The van der Waals surface area contributed by atoms with Crippen molar-refractivity contribution < 1.29 is 27.2 Å². The number of hydrogen-bond donors (Lipinski definition) is 2. The second kappa shape index (κ2) is 6.47. The second-order valence-corrected chi connectivity index (χ2v) is 4.46. The third-order valence-corrected chi connectivity index (χ3v) is 2.82. The first-order valence-electron chi connectivity index (χ1n) is 6.31. The Balaban J connectivity index is 2.00. The molecule has 2 N–H and O–H groups in total. The highest BCUT2D eigenvalue weighted by Crippen LogP contribution is 2.29. The number of alkyl halides is 3. The van der Waals surface area contributed by atoms with Crippen molar-refractivity contribution in [1.29, 1.82) is 0 Å². The maximum absolute atomic E-state index is 13.4. The zero-order valence-electron chi connectivity index (χ0n) is 11.4. The van der Waals surface area contributed by atoms with Gasteiger partial charge in [0.1, 0.15) is 5.82 Å². The van der Waals surface area contributed by atoms with Crippen LogP contribution in [0.15, 0.2) is 48.5 Å². The molecule has 0 spiro atoms. The molecule has 0 aromatic heterocycles. The van der Waals surface area contributed by atoms with E-state index in [0.29, 0.717) is 0 Å². The van der Waals surface area contributed by atoms with Crippen LogP contribution in [0.25, 0.3) is 0 Å². The summed E-state index contributed by atoms with van der Waals surface area (Å²) in [7, 11) is 0. The average Bonchev–Trinajstić information content (AvgIpc) is 2.47. The van der Waals surface area contributed by atoms with Gasteiger partial charge in [0.15, 0.2) is 0 Å². The topological polar surface area (TPSA) is 58.2 Å². The lowest BCUT2D eigenvalue weighted by Crippen LogP contribution is -2.34. The highest BCUT2D eigenvalue weighted by atomic mass is 19.4. The number of benzene rings is 2. The minimum absolute atomic E-state index is 0.0526. The van der Waals surface area contributed by atoms with Gasteiger partial charge in [0, 0.05) is 5.69 Å². The lowest BCUT2D eigenvalue weighted by atomic mass is 10.2. The Morgan fingerprint density at radius 3 is 2.09 bits per heavy atom. The molecule has 8 heteroatoms. The van der Waals surface area contributed by atoms with Gasteiger partial charge in [0.2, 0.25) is 0 Å². The molecule has 0 aliphatic heterocycles. The molecule has 0 unspecified atom stereocenters. The van der Waals surface area contributed by atoms with Gasteiger partial charge in [-0.3, -0.25) is 10.1 Å². The van der Waals surface area contributed by atoms with Crippen molar-refractivity contribution in [2.24, 2.45) is 0 Å². The van der Waals surface area contributed by atoms with Gasteiger partial charge in [-0.05, 0) is 36.4 Å². The maximum Gasteiger partial charge on any atom is 0.416 e. The maximum atomic E-state index is 13.4. The number of halogens is 4. The molecule has 0 aliphatic rings. The van der Waals surface area contributed by atoms with Gasteiger partial charge in [-0.1, -0.05) is 12.1 Å². The van der Waals surface area contributed by atoms with Crippen molar-refractivity contribution in [3.8, 4) is 0 Å². The number of amides is 3. The molecule has 2 aromatic carbocycles. The molecular weight excluding hydrogens is 316 g/mol. The van der Waals surface area contributed by atoms with E-state index in [1.54, 1.807) is 0 Å². The van der Waals surface area contributed by atoms with E-state index in [2.05, 4.69) is 5.32 Å². The van der Waals surface area contributed by atoms with E-state index < -0.39 is 29.5 Å². The lowest BCUT2D eigenvalue weighted by molar-refractivity contribution is -0.137. The number of carbonyl (C=O) groups excluding carboxylic acids is 2. The van der Waals surface area contributed by atoms with Crippen LogP contribution >= 0.6 is 0 Å². The molecule has 0 fully saturated rings. The van der Waals surface area contributed by atoms with Gasteiger partial charge >= 0.3 is 12.2 Å². The van der Waals surface area contributed by atoms with E-state index in [9.17, 15) is 27.2 Å². The summed E-state index contributed by atoms with van der Waals surface area (Å²) in [4.78, 5) is 23.3. The SMILES string of the molecule is O=C(NC(=O)c1ccccc1F)Nc1ccc(C(F)(F)F)cc1. The molecular formula is C15H10F4N2O2. The van der Waals surface area contributed by atoms with Crippen LogP contribution in [-0.2, 0) is 6.18 Å². The molecule has 0 radical (unpaired) electrons. The first-order valence-corrected chi connectivity index (χ1v) is 6.31. The predicted molar refractivity (Wildman–Crippen MR) is 74.3 cm³/mol. The lowest BCUT2D eigenvalue weighted by Gasteiger charge is -2.09. The molecule has 0 bridgehead atoms. The monoisotopic (exact) mass is 326 g/mol. The summed E-state index contributed by atoms with van der Waals surface area (Å²) in [6.45, 7) is 0. The smallest absolute Gasteiger partial charge is 0.308 e. The van der Waals surface area contributed by atoms with Crippen LogP contribution in [0.1, 0.15) is 15.9 Å². The first-order chi connectivity index (χ1) is 10.8. The molecule has 4 nitrogen and oxygen atoms in total. The largest absolute Gasteiger partial charge is 0.416 e. The molecule has 0 heterocycles. The summed E-state index contributed by atoms with van der Waals surface area (Å²) >= 11 is 0. The first kappa shape index (κ1) is 16.5. The van der Waals surface area contributed by atoms with Gasteiger partial charge in [0.25, 0.3) is 5.91 Å². The fraction of sp³-hybridized carbons (Fsp3) is 0.0667. The Bertz CT molecular complexity index is 727. The number of imide groups is 1. The molecule has 0 aliphatic carbocycles. The van der Waals surface area contributed by atoms with Gasteiger partial charge in [-0.2, -0.15) is 13.2 Å². The van der Waals surface area contributed by atoms with E-state index in [1.807, 2.05) is 5.32 Å². The summed E-state index contributed by atoms with van der Waals surface area (Å²) in [5.74, 6) is -1.76. The summed E-state index contributed by atoms with van der Waals surface area (Å²) < 4.78 is 50.6. The average molecular weight is 326 g/mol. The fourth-order valence-corrected chi connectivity index (χ4v) is 1.72. The normalized spacial score (nSPS) is 11.0. The Kier molecular flexibility index (Phi) is 4.63. The second-order valence-electron chi connectivity index (χ2n) is 4.46. The number of rotatable bonds is 2. The molecule has 2 rings (SSSR count). The quantitative estimate of drug-likeness (QED) is 0.825. The summed E-state index contributed by atoms with van der Waals surface area (Å²) in [6.07, 6.45) is -4.48.